The molecule has 2 aliphatic heterocycles. The first-order valence-corrected chi connectivity index (χ1v) is 11.4. The summed E-state index contributed by atoms with van der Waals surface area (Å²) < 4.78 is 37.4. The highest BCUT2D eigenvalue weighted by molar-refractivity contribution is 6.33. The van der Waals surface area contributed by atoms with Gasteiger partial charge in [-0.15, -0.1) is 0 Å². The lowest BCUT2D eigenvalue weighted by Crippen LogP contribution is -2.58. The van der Waals surface area contributed by atoms with E-state index in [1.165, 1.54) is 19.5 Å². The number of nitriles is 1. The fourth-order valence-electron chi connectivity index (χ4n) is 4.24. The molecule has 4 rings (SSSR count). The van der Waals surface area contributed by atoms with E-state index in [1.54, 1.807) is 4.90 Å². The average Bonchev–Trinajstić information content (AvgIpc) is 2.80. The van der Waals surface area contributed by atoms with Gasteiger partial charge in [-0.2, -0.15) is 10.2 Å². The molecule has 35 heavy (non-hydrogen) atoms. The van der Waals surface area contributed by atoms with Crippen molar-refractivity contribution >= 4 is 29.2 Å². The summed E-state index contributed by atoms with van der Waals surface area (Å²) in [5.41, 5.74) is 0.0324. The van der Waals surface area contributed by atoms with Crippen molar-refractivity contribution < 1.29 is 28.1 Å². The molecule has 1 aromatic carbocycles. The third-order valence-corrected chi connectivity index (χ3v) is 6.03. The third kappa shape index (κ3) is 5.33. The summed E-state index contributed by atoms with van der Waals surface area (Å²) >= 11 is 6.16. The molecule has 0 saturated carbocycles. The Kier molecular flexibility index (Phi) is 7.42. The minimum atomic E-state index is -0.718. The number of ether oxygens (including phenoxy) is 4. The van der Waals surface area contributed by atoms with Gasteiger partial charge in [-0.3, -0.25) is 0 Å². The first kappa shape index (κ1) is 24.8. The second-order valence-corrected chi connectivity index (χ2v) is 9.00. The molecule has 186 valence electrons. The Morgan fingerprint density at radius 1 is 1.31 bits per heavy atom. The van der Waals surface area contributed by atoms with Crippen LogP contribution in [0.3, 0.4) is 0 Å². The zero-order chi connectivity index (χ0) is 25.1. The summed E-state index contributed by atoms with van der Waals surface area (Å²) in [6, 6.07) is 4.26. The molecule has 10 nitrogen and oxygen atoms in total. The first-order valence-electron chi connectivity index (χ1n) is 11.1. The van der Waals surface area contributed by atoms with Crippen molar-refractivity contribution in [2.75, 3.05) is 38.7 Å². The SMILES string of the molecule is COc1c(Nc2c(F)cc(C#N)cc2Cl)ncnc1OC1C2COCC1CN(C(=O)OC(C)C)C2. The zero-order valence-corrected chi connectivity index (χ0v) is 20.2. The van der Waals surface area contributed by atoms with Crippen LogP contribution in [0.4, 0.5) is 20.7 Å². The van der Waals surface area contributed by atoms with Gasteiger partial charge < -0.3 is 29.2 Å². The number of methoxy groups -OCH3 is 1. The van der Waals surface area contributed by atoms with Crippen LogP contribution in [0.1, 0.15) is 19.4 Å². The fraction of sp³-hybridized carbons (Fsp3) is 0.478. The maximum atomic E-state index is 14.6. The van der Waals surface area contributed by atoms with E-state index in [4.69, 9.17) is 35.8 Å². The van der Waals surface area contributed by atoms with Crippen LogP contribution in [0.15, 0.2) is 18.5 Å². The van der Waals surface area contributed by atoms with Crippen molar-refractivity contribution in [3.8, 4) is 17.7 Å². The molecule has 2 fully saturated rings. The summed E-state index contributed by atoms with van der Waals surface area (Å²) in [5, 5.41) is 11.8. The molecule has 2 aliphatic rings. The summed E-state index contributed by atoms with van der Waals surface area (Å²) in [7, 11) is 1.42. The van der Waals surface area contributed by atoms with Crippen LogP contribution in [0.5, 0.6) is 11.6 Å². The third-order valence-electron chi connectivity index (χ3n) is 5.74. The smallest absolute Gasteiger partial charge is 0.410 e. The van der Waals surface area contributed by atoms with E-state index in [9.17, 15) is 9.18 Å². The van der Waals surface area contributed by atoms with Crippen molar-refractivity contribution in [2.45, 2.75) is 26.1 Å². The molecule has 0 spiro atoms. The number of benzene rings is 1. The number of halogens is 2. The molecule has 1 amide bonds. The van der Waals surface area contributed by atoms with Crippen LogP contribution in [0.25, 0.3) is 0 Å². The zero-order valence-electron chi connectivity index (χ0n) is 19.5. The number of piperidine rings is 1. The quantitative estimate of drug-likeness (QED) is 0.625. The van der Waals surface area contributed by atoms with E-state index in [1.807, 2.05) is 19.9 Å². The molecule has 2 unspecified atom stereocenters. The van der Waals surface area contributed by atoms with Crippen molar-refractivity contribution in [3.05, 3.63) is 34.9 Å². The summed E-state index contributed by atoms with van der Waals surface area (Å²) in [6.07, 6.45) is 0.400. The summed E-state index contributed by atoms with van der Waals surface area (Å²) in [6.45, 7) is 5.27. The fourth-order valence-corrected chi connectivity index (χ4v) is 4.49. The van der Waals surface area contributed by atoms with Crippen molar-refractivity contribution in [1.29, 1.82) is 5.26 Å². The van der Waals surface area contributed by atoms with Gasteiger partial charge in [0.25, 0.3) is 5.88 Å². The monoisotopic (exact) mass is 505 g/mol. The van der Waals surface area contributed by atoms with E-state index < -0.39 is 5.82 Å². The van der Waals surface area contributed by atoms with Gasteiger partial charge in [0, 0.05) is 24.9 Å². The molecule has 2 atom stereocenters. The number of amides is 1. The molecule has 12 heteroatoms. The van der Waals surface area contributed by atoms with Gasteiger partial charge in [0.2, 0.25) is 5.75 Å². The lowest BCUT2D eigenvalue weighted by Gasteiger charge is -2.45. The molecule has 2 aromatic rings. The lowest BCUT2D eigenvalue weighted by molar-refractivity contribution is -0.111. The number of carbonyl (C=O) groups is 1. The van der Waals surface area contributed by atoms with Crippen LogP contribution >= 0.6 is 11.6 Å². The van der Waals surface area contributed by atoms with Gasteiger partial charge >= 0.3 is 6.09 Å². The van der Waals surface area contributed by atoms with Crippen molar-refractivity contribution in [2.24, 2.45) is 11.8 Å². The number of likely N-dealkylation sites (tertiary alicyclic amines) is 1. The van der Waals surface area contributed by atoms with E-state index in [-0.39, 0.29) is 63.9 Å². The number of carbonyl (C=O) groups excluding carboxylic acids is 1. The second kappa shape index (κ2) is 10.5. The maximum Gasteiger partial charge on any atom is 0.410 e. The number of rotatable bonds is 6. The van der Waals surface area contributed by atoms with Crippen molar-refractivity contribution in [3.63, 3.8) is 0 Å². The van der Waals surface area contributed by atoms with E-state index in [0.29, 0.717) is 26.3 Å². The van der Waals surface area contributed by atoms with Gasteiger partial charge in [0.1, 0.15) is 18.2 Å². The number of hydrogen-bond acceptors (Lipinski definition) is 9. The standard InChI is InChI=1S/C23H25ClFN5O5/c1-12(2)34-23(31)30-7-14-9-33-10-15(8-30)19(14)35-22-20(32-3)21(27-11-28-22)29-18-16(24)4-13(6-26)5-17(18)25/h4-5,11-12,14-15,19H,7-10H2,1-3H3,(H,27,28,29). The Balaban J connectivity index is 1.56. The van der Waals surface area contributed by atoms with E-state index >= 15 is 0 Å². The first-order chi connectivity index (χ1) is 16.8. The molecule has 1 aromatic heterocycles. The highest BCUT2D eigenvalue weighted by atomic mass is 35.5. The minimum Gasteiger partial charge on any atom is -0.489 e. The number of nitrogens with one attached hydrogen (secondary N) is 1. The Labute approximate surface area is 206 Å². The predicted octanol–water partition coefficient (Wildman–Crippen LogP) is 3.76. The number of nitrogens with zero attached hydrogens (tertiary/aromatic N) is 4. The highest BCUT2D eigenvalue weighted by Crippen LogP contribution is 2.39. The molecular formula is C23H25ClFN5O5. The number of hydrogen-bond donors (Lipinski definition) is 1. The second-order valence-electron chi connectivity index (χ2n) is 8.59. The van der Waals surface area contributed by atoms with Gasteiger partial charge in [0.15, 0.2) is 5.82 Å². The number of fused-ring (bicyclic) bond motifs is 2. The maximum absolute atomic E-state index is 14.6. The molecule has 2 saturated heterocycles. The number of anilines is 2. The minimum absolute atomic E-state index is 0.0111. The molecule has 0 radical (unpaired) electrons. The van der Waals surface area contributed by atoms with Crippen molar-refractivity contribution in [1.82, 2.24) is 14.9 Å². The van der Waals surface area contributed by atoms with Crippen LogP contribution in [0, 0.1) is 29.0 Å². The largest absolute Gasteiger partial charge is 0.489 e. The normalized spacial score (nSPS) is 21.3. The highest BCUT2D eigenvalue weighted by Gasteiger charge is 2.44. The van der Waals surface area contributed by atoms with Crippen LogP contribution in [0.2, 0.25) is 5.02 Å². The molecule has 0 aliphatic carbocycles. The Morgan fingerprint density at radius 2 is 2.03 bits per heavy atom. The average molecular weight is 506 g/mol. The van der Waals surface area contributed by atoms with Gasteiger partial charge in [-0.25, -0.2) is 14.2 Å². The molecule has 2 bridgehead atoms. The number of aromatic nitrogens is 2. The summed E-state index contributed by atoms with van der Waals surface area (Å²) in [5.74, 6) is -0.470. The van der Waals surface area contributed by atoms with E-state index in [0.717, 1.165) is 6.07 Å². The van der Waals surface area contributed by atoms with Crippen LogP contribution < -0.4 is 14.8 Å². The Hall–Kier alpha value is -3.36. The molecule has 3 heterocycles. The van der Waals surface area contributed by atoms with Gasteiger partial charge in [-0.05, 0) is 26.0 Å². The summed E-state index contributed by atoms with van der Waals surface area (Å²) in [4.78, 5) is 22.5. The van der Waals surface area contributed by atoms with E-state index in [2.05, 4.69) is 15.3 Å². The predicted molar refractivity (Wildman–Crippen MR) is 123 cm³/mol. The van der Waals surface area contributed by atoms with Crippen LogP contribution in [-0.2, 0) is 9.47 Å². The van der Waals surface area contributed by atoms with Gasteiger partial charge in [-0.1, -0.05) is 11.6 Å². The molecular weight excluding hydrogens is 481 g/mol. The Morgan fingerprint density at radius 3 is 2.63 bits per heavy atom. The van der Waals surface area contributed by atoms with Gasteiger partial charge in [0.05, 0.1) is 48.8 Å². The topological polar surface area (TPSA) is 119 Å². The Bertz CT molecular complexity index is 1110. The molecule has 1 N–H and O–H groups in total. The lowest BCUT2D eigenvalue weighted by atomic mass is 9.84. The van der Waals surface area contributed by atoms with Crippen LogP contribution in [-0.4, -0.2) is 66.6 Å².